The van der Waals surface area contributed by atoms with Crippen molar-refractivity contribution in [3.63, 3.8) is 0 Å². The van der Waals surface area contributed by atoms with Crippen LogP contribution in [0.5, 0.6) is 0 Å². The number of nitrogens with zero attached hydrogens (tertiary/aromatic N) is 1. The lowest BCUT2D eigenvalue weighted by atomic mass is 9.94. The molecule has 2 nitrogen and oxygen atoms in total. The third-order valence-corrected chi connectivity index (χ3v) is 4.36. The second-order valence-corrected chi connectivity index (χ2v) is 5.98. The van der Waals surface area contributed by atoms with Gasteiger partial charge in [-0.1, -0.05) is 55.4 Å². The van der Waals surface area contributed by atoms with Crippen LogP contribution >= 0.6 is 12.2 Å². The van der Waals surface area contributed by atoms with Crippen LogP contribution < -0.4 is 5.73 Å². The first-order valence-electron chi connectivity index (χ1n) is 7.25. The van der Waals surface area contributed by atoms with Crippen LogP contribution in [-0.4, -0.2) is 22.5 Å². The summed E-state index contributed by atoms with van der Waals surface area (Å²) in [5, 5.41) is 0. The molecule has 0 aliphatic carbocycles. The van der Waals surface area contributed by atoms with Gasteiger partial charge < -0.3 is 5.73 Å². The summed E-state index contributed by atoms with van der Waals surface area (Å²) in [5.41, 5.74) is 8.55. The molecular weight excluding hydrogens is 252 g/mol. The molecule has 19 heavy (non-hydrogen) atoms. The van der Waals surface area contributed by atoms with Crippen LogP contribution in [0, 0.1) is 6.92 Å². The zero-order valence-corrected chi connectivity index (χ0v) is 12.7. The molecule has 0 saturated carbocycles. The van der Waals surface area contributed by atoms with E-state index in [1.54, 1.807) is 0 Å². The molecule has 1 fully saturated rings. The summed E-state index contributed by atoms with van der Waals surface area (Å²) in [5.74, 6) is 0. The van der Waals surface area contributed by atoms with Crippen LogP contribution in [-0.2, 0) is 0 Å². The average molecular weight is 276 g/mol. The minimum Gasteiger partial charge on any atom is -0.392 e. The van der Waals surface area contributed by atoms with E-state index in [4.69, 9.17) is 18.0 Å². The van der Waals surface area contributed by atoms with Gasteiger partial charge in [-0.3, -0.25) is 4.90 Å². The van der Waals surface area contributed by atoms with Crippen molar-refractivity contribution in [2.24, 2.45) is 5.73 Å². The molecule has 0 radical (unpaired) electrons. The fraction of sp³-hybridized carbons (Fsp3) is 0.562. The highest BCUT2D eigenvalue weighted by atomic mass is 32.1. The fourth-order valence-corrected chi connectivity index (χ4v) is 3.34. The molecule has 1 saturated heterocycles. The molecular formula is C16H24N2S. The van der Waals surface area contributed by atoms with Gasteiger partial charge >= 0.3 is 0 Å². The van der Waals surface area contributed by atoms with E-state index in [1.165, 1.54) is 36.8 Å². The Hall–Kier alpha value is -0.930. The molecule has 1 aliphatic heterocycles. The quantitative estimate of drug-likeness (QED) is 0.852. The van der Waals surface area contributed by atoms with Gasteiger partial charge in [0.25, 0.3) is 0 Å². The van der Waals surface area contributed by atoms with Gasteiger partial charge in [0.05, 0.1) is 11.0 Å². The Labute approximate surface area is 122 Å². The van der Waals surface area contributed by atoms with Gasteiger partial charge in [0.2, 0.25) is 0 Å². The summed E-state index contributed by atoms with van der Waals surface area (Å²) < 4.78 is 0. The highest BCUT2D eigenvalue weighted by Gasteiger charge is 2.30. The molecule has 1 aliphatic rings. The third kappa shape index (κ3) is 3.34. The normalized spacial score (nSPS) is 22.1. The van der Waals surface area contributed by atoms with E-state index >= 15 is 0 Å². The number of hydrogen-bond acceptors (Lipinski definition) is 2. The van der Waals surface area contributed by atoms with Gasteiger partial charge in [-0.25, -0.2) is 0 Å². The van der Waals surface area contributed by atoms with E-state index in [1.807, 2.05) is 0 Å². The van der Waals surface area contributed by atoms with Crippen molar-refractivity contribution in [3.8, 4) is 0 Å². The van der Waals surface area contributed by atoms with Gasteiger partial charge in [-0.2, -0.15) is 0 Å². The number of piperidine rings is 1. The SMILES string of the molecule is CCC1CCCCN1C(C(N)=S)c1ccc(C)cc1. The lowest BCUT2D eigenvalue weighted by Gasteiger charge is -2.40. The van der Waals surface area contributed by atoms with Crippen molar-refractivity contribution < 1.29 is 0 Å². The number of thiocarbonyl (C=S) groups is 1. The maximum absolute atomic E-state index is 6.04. The van der Waals surface area contributed by atoms with Crippen LogP contribution in [0.25, 0.3) is 0 Å². The lowest BCUT2D eigenvalue weighted by molar-refractivity contribution is 0.122. The number of benzene rings is 1. The van der Waals surface area contributed by atoms with E-state index in [2.05, 4.69) is 43.0 Å². The van der Waals surface area contributed by atoms with Gasteiger partial charge in [-0.05, 0) is 38.3 Å². The molecule has 0 aromatic heterocycles. The summed E-state index contributed by atoms with van der Waals surface area (Å²) in [4.78, 5) is 3.11. The second kappa shape index (κ2) is 6.49. The topological polar surface area (TPSA) is 29.3 Å². The summed E-state index contributed by atoms with van der Waals surface area (Å²) >= 11 is 5.35. The summed E-state index contributed by atoms with van der Waals surface area (Å²) in [6.45, 7) is 5.47. The van der Waals surface area contributed by atoms with Crippen molar-refractivity contribution in [2.45, 2.75) is 51.6 Å². The van der Waals surface area contributed by atoms with Crippen LogP contribution in [0.2, 0.25) is 0 Å². The number of aryl methyl sites for hydroxylation is 1. The third-order valence-electron chi connectivity index (χ3n) is 4.14. The molecule has 0 bridgehead atoms. The first kappa shape index (κ1) is 14.5. The van der Waals surface area contributed by atoms with E-state index in [9.17, 15) is 0 Å². The minimum atomic E-state index is 0.0980. The Bertz CT molecular complexity index is 427. The molecule has 104 valence electrons. The molecule has 1 aromatic carbocycles. The van der Waals surface area contributed by atoms with Crippen LogP contribution in [0.4, 0.5) is 0 Å². The lowest BCUT2D eigenvalue weighted by Crippen LogP contribution is -2.45. The van der Waals surface area contributed by atoms with Crippen LogP contribution in [0.3, 0.4) is 0 Å². The molecule has 0 spiro atoms. The van der Waals surface area contributed by atoms with E-state index < -0.39 is 0 Å². The summed E-state index contributed by atoms with van der Waals surface area (Å²) in [7, 11) is 0. The molecule has 2 N–H and O–H groups in total. The molecule has 2 atom stereocenters. The van der Waals surface area contributed by atoms with Gasteiger partial charge in [-0.15, -0.1) is 0 Å². The first-order chi connectivity index (χ1) is 9.13. The van der Waals surface area contributed by atoms with Gasteiger partial charge in [0, 0.05) is 6.04 Å². The number of nitrogens with two attached hydrogens (primary N) is 1. The zero-order chi connectivity index (χ0) is 13.8. The van der Waals surface area contributed by atoms with Crippen molar-refractivity contribution in [2.75, 3.05) is 6.54 Å². The zero-order valence-electron chi connectivity index (χ0n) is 11.9. The molecule has 0 amide bonds. The molecule has 2 rings (SSSR count). The van der Waals surface area contributed by atoms with Crippen molar-refractivity contribution in [1.82, 2.24) is 4.90 Å². The van der Waals surface area contributed by atoms with E-state index in [0.717, 1.165) is 6.54 Å². The van der Waals surface area contributed by atoms with Crippen molar-refractivity contribution in [3.05, 3.63) is 35.4 Å². The Balaban J connectivity index is 2.28. The van der Waals surface area contributed by atoms with Gasteiger partial charge in [0.15, 0.2) is 0 Å². The van der Waals surface area contributed by atoms with Crippen molar-refractivity contribution >= 4 is 17.2 Å². The highest BCUT2D eigenvalue weighted by Crippen LogP contribution is 2.30. The Morgan fingerprint density at radius 2 is 2.05 bits per heavy atom. The Morgan fingerprint density at radius 3 is 2.63 bits per heavy atom. The van der Waals surface area contributed by atoms with Crippen LogP contribution in [0.1, 0.15) is 49.8 Å². The minimum absolute atomic E-state index is 0.0980. The summed E-state index contributed by atoms with van der Waals surface area (Å²) in [6.07, 6.45) is 5.01. The largest absolute Gasteiger partial charge is 0.392 e. The number of hydrogen-bond donors (Lipinski definition) is 1. The van der Waals surface area contributed by atoms with E-state index in [0.29, 0.717) is 11.0 Å². The number of likely N-dealkylation sites (tertiary alicyclic amines) is 1. The predicted octanol–water partition coefficient (Wildman–Crippen LogP) is 3.59. The highest BCUT2D eigenvalue weighted by molar-refractivity contribution is 7.80. The fourth-order valence-electron chi connectivity index (χ4n) is 3.07. The predicted molar refractivity (Wildman–Crippen MR) is 85.3 cm³/mol. The molecule has 3 heteroatoms. The monoisotopic (exact) mass is 276 g/mol. The Kier molecular flexibility index (Phi) is 4.94. The maximum Gasteiger partial charge on any atom is 0.0948 e. The standard InChI is InChI=1S/C16H24N2S/c1-3-14-6-4-5-11-18(14)15(16(17)19)13-9-7-12(2)8-10-13/h7-10,14-15H,3-6,11H2,1-2H3,(H2,17,19). The second-order valence-electron chi connectivity index (χ2n) is 5.51. The number of rotatable bonds is 4. The molecule has 2 unspecified atom stereocenters. The summed E-state index contributed by atoms with van der Waals surface area (Å²) in [6, 6.07) is 9.33. The molecule has 1 aromatic rings. The van der Waals surface area contributed by atoms with Crippen LogP contribution in [0.15, 0.2) is 24.3 Å². The van der Waals surface area contributed by atoms with Crippen molar-refractivity contribution in [1.29, 1.82) is 0 Å². The smallest absolute Gasteiger partial charge is 0.0948 e. The first-order valence-corrected chi connectivity index (χ1v) is 7.66. The van der Waals surface area contributed by atoms with E-state index in [-0.39, 0.29) is 6.04 Å². The van der Waals surface area contributed by atoms with Gasteiger partial charge in [0.1, 0.15) is 0 Å². The molecule has 1 heterocycles. The average Bonchev–Trinajstić information content (AvgIpc) is 2.41. The maximum atomic E-state index is 6.04. The Morgan fingerprint density at radius 1 is 1.37 bits per heavy atom.